The Bertz CT molecular complexity index is 228. The Hall–Kier alpha value is -0.701. The summed E-state index contributed by atoms with van der Waals surface area (Å²) < 4.78 is 0. The topological polar surface area (TPSA) is 0 Å². The average Bonchev–Trinajstić information content (AvgIpc) is 1.90. The van der Waals surface area contributed by atoms with Crippen molar-refractivity contribution in [2.24, 2.45) is 0 Å². The number of aryl methyl sites for hydroxylation is 1. The Balaban J connectivity index is 0.000000810. The number of benzene rings is 1. The van der Waals surface area contributed by atoms with Gasteiger partial charge in [-0.2, -0.15) is 0 Å². The Morgan fingerprint density at radius 3 is 2.10 bits per heavy atom. The third-order valence-corrected chi connectivity index (χ3v) is 1.20. The minimum absolute atomic E-state index is 0. The van der Waals surface area contributed by atoms with E-state index in [0.29, 0.717) is 0 Å². The van der Waals surface area contributed by atoms with E-state index in [1.165, 1.54) is 5.56 Å². The van der Waals surface area contributed by atoms with Gasteiger partial charge in [0, 0.05) is 0 Å². The molecule has 0 atom stereocenters. The zero-order valence-corrected chi connectivity index (χ0v) is 6.55. The molecule has 0 aliphatic heterocycles. The summed E-state index contributed by atoms with van der Waals surface area (Å²) in [5.74, 6) is 2.30. The van der Waals surface area contributed by atoms with Crippen molar-refractivity contribution in [2.45, 2.75) is 6.92 Å². The molecule has 0 fully saturated rings. The molecule has 0 N–H and O–H groups in total. The molecule has 0 saturated heterocycles. The van der Waals surface area contributed by atoms with Crippen molar-refractivity contribution in [3.8, 4) is 5.92 Å². The molecule has 0 radical (unpaired) electrons. The van der Waals surface area contributed by atoms with E-state index in [4.69, 9.17) is 6.42 Å². The fourth-order valence-corrected chi connectivity index (χ4v) is 0.637. The van der Waals surface area contributed by atoms with E-state index in [1.807, 2.05) is 31.2 Å². The van der Waals surface area contributed by atoms with Crippen molar-refractivity contribution >= 4 is 0 Å². The molecular formula is C9H7Cu. The van der Waals surface area contributed by atoms with Crippen molar-refractivity contribution in [3.05, 3.63) is 41.8 Å². The molecular weight excluding hydrogens is 172 g/mol. The summed E-state index contributed by atoms with van der Waals surface area (Å²) in [6.07, 6.45) is 6.76. The summed E-state index contributed by atoms with van der Waals surface area (Å²) in [4.78, 5) is 0. The monoisotopic (exact) mass is 178 g/mol. The molecule has 1 aromatic carbocycles. The molecule has 0 heterocycles. The zero-order valence-electron chi connectivity index (χ0n) is 5.61. The Morgan fingerprint density at radius 1 is 1.20 bits per heavy atom. The molecule has 0 aromatic heterocycles. The second-order valence-corrected chi connectivity index (χ2v) is 1.99. The van der Waals surface area contributed by atoms with Gasteiger partial charge in [0.05, 0.1) is 0 Å². The molecule has 10 heavy (non-hydrogen) atoms. The average molecular weight is 179 g/mol. The summed E-state index contributed by atoms with van der Waals surface area (Å²) in [6, 6.07) is 7.69. The maximum atomic E-state index is 6.76. The molecule has 0 bridgehead atoms. The Labute approximate surface area is 72.1 Å². The van der Waals surface area contributed by atoms with Gasteiger partial charge < -0.3 is 6.42 Å². The summed E-state index contributed by atoms with van der Waals surface area (Å²) in [6.45, 7) is 2.02. The smallest absolute Gasteiger partial charge is 0.366 e. The molecule has 0 aliphatic carbocycles. The van der Waals surface area contributed by atoms with E-state index in [0.717, 1.165) is 5.56 Å². The van der Waals surface area contributed by atoms with Crippen molar-refractivity contribution in [1.29, 1.82) is 0 Å². The minimum atomic E-state index is 0. The van der Waals surface area contributed by atoms with Crippen molar-refractivity contribution in [1.82, 2.24) is 0 Å². The molecule has 1 aromatic rings. The standard InChI is InChI=1S/C9H7.Cu/c1-3-9-6-4-8(2)5-7-9;/h4-7H,2H3;/q-1;+1. The Kier molecular flexibility index (Phi) is 3.88. The van der Waals surface area contributed by atoms with Gasteiger partial charge in [-0.3, -0.25) is 5.92 Å². The third-order valence-electron chi connectivity index (χ3n) is 1.20. The first kappa shape index (κ1) is 9.30. The molecule has 0 nitrogen and oxygen atoms in total. The Morgan fingerprint density at radius 2 is 1.70 bits per heavy atom. The van der Waals surface area contributed by atoms with Gasteiger partial charge in [-0.15, -0.1) is 17.7 Å². The van der Waals surface area contributed by atoms with Gasteiger partial charge in [-0.1, -0.05) is 17.7 Å². The molecule has 0 saturated carbocycles. The van der Waals surface area contributed by atoms with Gasteiger partial charge in [-0.25, -0.2) is 0 Å². The van der Waals surface area contributed by atoms with Gasteiger partial charge in [0.15, 0.2) is 0 Å². The third kappa shape index (κ3) is 2.27. The predicted octanol–water partition coefficient (Wildman–Crippen LogP) is 1.93. The van der Waals surface area contributed by atoms with Crippen LogP contribution in [0.1, 0.15) is 11.1 Å². The fourth-order valence-electron chi connectivity index (χ4n) is 0.637. The maximum absolute atomic E-state index is 6.76. The first-order chi connectivity index (χ1) is 4.33. The molecule has 0 unspecified atom stereocenters. The van der Waals surface area contributed by atoms with Crippen LogP contribution in [0, 0.1) is 19.3 Å². The summed E-state index contributed by atoms with van der Waals surface area (Å²) >= 11 is 0. The van der Waals surface area contributed by atoms with E-state index in [-0.39, 0.29) is 17.1 Å². The summed E-state index contributed by atoms with van der Waals surface area (Å²) in [7, 11) is 0. The van der Waals surface area contributed by atoms with Crippen LogP contribution in [0.25, 0.3) is 0 Å². The zero-order chi connectivity index (χ0) is 6.69. The van der Waals surface area contributed by atoms with Crippen molar-refractivity contribution in [3.63, 3.8) is 0 Å². The van der Waals surface area contributed by atoms with E-state index < -0.39 is 0 Å². The quantitative estimate of drug-likeness (QED) is 0.324. The number of hydrogen-bond acceptors (Lipinski definition) is 0. The van der Waals surface area contributed by atoms with Crippen LogP contribution in [-0.4, -0.2) is 0 Å². The van der Waals surface area contributed by atoms with Crippen LogP contribution in [0.3, 0.4) is 0 Å². The first-order valence-electron chi connectivity index (χ1n) is 2.82. The molecule has 0 amide bonds. The molecule has 0 spiro atoms. The van der Waals surface area contributed by atoms with E-state index in [1.54, 1.807) is 0 Å². The fraction of sp³-hybridized carbons (Fsp3) is 0.111. The molecule has 0 aliphatic rings. The molecule has 1 rings (SSSR count). The van der Waals surface area contributed by atoms with Crippen LogP contribution in [0.5, 0.6) is 0 Å². The van der Waals surface area contributed by atoms with Crippen LogP contribution in [0.4, 0.5) is 0 Å². The maximum Gasteiger partial charge on any atom is 1.00 e. The number of hydrogen-bond donors (Lipinski definition) is 0. The summed E-state index contributed by atoms with van der Waals surface area (Å²) in [5.41, 5.74) is 2.05. The van der Waals surface area contributed by atoms with E-state index >= 15 is 0 Å². The minimum Gasteiger partial charge on any atom is -0.366 e. The van der Waals surface area contributed by atoms with E-state index in [9.17, 15) is 0 Å². The van der Waals surface area contributed by atoms with Gasteiger partial charge >= 0.3 is 17.1 Å². The number of rotatable bonds is 0. The van der Waals surface area contributed by atoms with Gasteiger partial charge in [-0.05, 0) is 6.92 Å². The van der Waals surface area contributed by atoms with Gasteiger partial charge in [0.2, 0.25) is 0 Å². The second-order valence-electron chi connectivity index (χ2n) is 1.99. The molecule has 1 heteroatoms. The van der Waals surface area contributed by atoms with Crippen LogP contribution in [-0.2, 0) is 17.1 Å². The van der Waals surface area contributed by atoms with Crippen molar-refractivity contribution < 1.29 is 17.1 Å². The van der Waals surface area contributed by atoms with Gasteiger partial charge in [0.1, 0.15) is 0 Å². The SMILES string of the molecule is [C-]#Cc1ccc(C)cc1.[Cu+]. The first-order valence-corrected chi connectivity index (χ1v) is 2.82. The predicted molar refractivity (Wildman–Crippen MR) is 37.4 cm³/mol. The van der Waals surface area contributed by atoms with Crippen LogP contribution in [0.2, 0.25) is 0 Å². The molecule has 54 valence electrons. The van der Waals surface area contributed by atoms with Crippen molar-refractivity contribution in [2.75, 3.05) is 0 Å². The normalized spacial score (nSPS) is 7.60. The van der Waals surface area contributed by atoms with Crippen LogP contribution >= 0.6 is 0 Å². The summed E-state index contributed by atoms with van der Waals surface area (Å²) in [5, 5.41) is 0. The van der Waals surface area contributed by atoms with Crippen LogP contribution in [0.15, 0.2) is 24.3 Å². The largest absolute Gasteiger partial charge is 1.00 e. The van der Waals surface area contributed by atoms with Gasteiger partial charge in [0.25, 0.3) is 0 Å². The van der Waals surface area contributed by atoms with Crippen LogP contribution < -0.4 is 0 Å². The van der Waals surface area contributed by atoms with E-state index in [2.05, 4.69) is 5.92 Å². The second kappa shape index (κ2) is 4.17.